The number of nitrogen functional groups attached to an aromatic ring is 1. The number of nitrogens with two attached hydrogens (primary N) is 1. The largest absolute Gasteiger partial charge is 0.456 e. The Morgan fingerprint density at radius 2 is 2.00 bits per heavy atom. The summed E-state index contributed by atoms with van der Waals surface area (Å²) in [5.74, 6) is -0.420. The van der Waals surface area contributed by atoms with Crippen LogP contribution in [0.5, 0.6) is 0 Å². The van der Waals surface area contributed by atoms with Crippen molar-refractivity contribution >= 4 is 24.3 Å². The molecule has 0 aliphatic rings. The maximum absolute atomic E-state index is 11.7. The Kier molecular flexibility index (Phi) is 3.29. The Labute approximate surface area is 95.0 Å². The van der Waals surface area contributed by atoms with E-state index in [2.05, 4.69) is 12.6 Å². The van der Waals surface area contributed by atoms with Crippen molar-refractivity contribution < 1.29 is 9.53 Å². The molecule has 0 aromatic heterocycles. The summed E-state index contributed by atoms with van der Waals surface area (Å²) >= 11 is 4.14. The second-order valence-corrected chi connectivity index (χ2v) is 4.72. The first-order chi connectivity index (χ1) is 6.81. The van der Waals surface area contributed by atoms with Gasteiger partial charge in [-0.15, -0.1) is 12.6 Å². The summed E-state index contributed by atoms with van der Waals surface area (Å²) in [7, 11) is 0. The lowest BCUT2D eigenvalue weighted by Crippen LogP contribution is -2.24. The number of thiol groups is 1. The Bertz CT molecular complexity index is 383. The van der Waals surface area contributed by atoms with Crippen molar-refractivity contribution in [3.05, 3.63) is 23.8 Å². The van der Waals surface area contributed by atoms with Crippen molar-refractivity contribution in [1.29, 1.82) is 0 Å². The molecule has 0 atom stereocenters. The number of anilines is 1. The van der Waals surface area contributed by atoms with Gasteiger partial charge in [-0.05, 0) is 32.9 Å². The van der Waals surface area contributed by atoms with E-state index in [1.54, 1.807) is 18.2 Å². The summed E-state index contributed by atoms with van der Waals surface area (Å²) in [6.45, 7) is 5.43. The van der Waals surface area contributed by atoms with Crippen molar-refractivity contribution in [3.8, 4) is 0 Å². The highest BCUT2D eigenvalue weighted by atomic mass is 32.1. The molecule has 0 saturated carbocycles. The van der Waals surface area contributed by atoms with Gasteiger partial charge >= 0.3 is 5.97 Å². The molecule has 0 spiro atoms. The van der Waals surface area contributed by atoms with Crippen molar-refractivity contribution in [2.45, 2.75) is 31.3 Å². The molecule has 3 nitrogen and oxygen atoms in total. The molecule has 0 aliphatic heterocycles. The molecule has 15 heavy (non-hydrogen) atoms. The smallest absolute Gasteiger partial charge is 0.340 e. The van der Waals surface area contributed by atoms with Crippen molar-refractivity contribution in [2.75, 3.05) is 5.73 Å². The van der Waals surface area contributed by atoms with Crippen LogP contribution in [-0.2, 0) is 4.74 Å². The van der Waals surface area contributed by atoms with Crippen LogP contribution in [0.2, 0.25) is 0 Å². The molecular weight excluding hydrogens is 210 g/mol. The quantitative estimate of drug-likeness (QED) is 0.438. The molecular formula is C11H15NO2S. The van der Waals surface area contributed by atoms with Gasteiger partial charge in [0, 0.05) is 4.90 Å². The van der Waals surface area contributed by atoms with Crippen LogP contribution in [0, 0.1) is 0 Å². The van der Waals surface area contributed by atoms with Gasteiger partial charge in [-0.2, -0.15) is 0 Å². The van der Waals surface area contributed by atoms with Crippen molar-refractivity contribution in [3.63, 3.8) is 0 Å². The Hall–Kier alpha value is -1.16. The molecule has 0 aliphatic carbocycles. The van der Waals surface area contributed by atoms with Gasteiger partial charge in [0.05, 0.1) is 11.3 Å². The van der Waals surface area contributed by atoms with Crippen molar-refractivity contribution in [1.82, 2.24) is 0 Å². The third-order valence-corrected chi connectivity index (χ3v) is 2.09. The number of benzene rings is 1. The number of hydrogen-bond donors (Lipinski definition) is 2. The lowest BCUT2D eigenvalue weighted by Gasteiger charge is -2.20. The molecule has 0 fully saturated rings. The number of carbonyl (C=O) groups is 1. The normalized spacial score (nSPS) is 11.2. The predicted molar refractivity (Wildman–Crippen MR) is 63.3 cm³/mol. The molecule has 0 unspecified atom stereocenters. The summed E-state index contributed by atoms with van der Waals surface area (Å²) in [5.41, 5.74) is 5.92. The van der Waals surface area contributed by atoms with Gasteiger partial charge in [-0.25, -0.2) is 4.79 Å². The fourth-order valence-electron chi connectivity index (χ4n) is 1.06. The molecule has 1 rings (SSSR count). The molecule has 1 aromatic carbocycles. The van der Waals surface area contributed by atoms with Gasteiger partial charge < -0.3 is 10.5 Å². The van der Waals surface area contributed by atoms with Crippen LogP contribution in [0.15, 0.2) is 23.1 Å². The lowest BCUT2D eigenvalue weighted by molar-refractivity contribution is 0.00706. The average molecular weight is 225 g/mol. The molecule has 0 radical (unpaired) electrons. The molecule has 0 saturated heterocycles. The number of rotatable bonds is 1. The van der Waals surface area contributed by atoms with Gasteiger partial charge in [-0.1, -0.05) is 6.07 Å². The van der Waals surface area contributed by atoms with Gasteiger partial charge in [0.1, 0.15) is 5.60 Å². The van der Waals surface area contributed by atoms with Crippen LogP contribution in [-0.4, -0.2) is 11.6 Å². The maximum Gasteiger partial charge on any atom is 0.340 e. The molecule has 0 amide bonds. The number of esters is 1. The standard InChI is InChI=1S/C11H15NO2S/c1-11(2,3)14-10(13)7-5-4-6-8(15)9(7)12/h4-6,15H,12H2,1-3H3. The molecule has 4 heteroatoms. The van der Waals surface area contributed by atoms with Crippen molar-refractivity contribution in [2.24, 2.45) is 0 Å². The van der Waals surface area contributed by atoms with E-state index in [-0.39, 0.29) is 0 Å². The highest BCUT2D eigenvalue weighted by Gasteiger charge is 2.19. The Balaban J connectivity index is 2.97. The highest BCUT2D eigenvalue weighted by molar-refractivity contribution is 7.80. The molecule has 0 heterocycles. The zero-order valence-corrected chi connectivity index (χ0v) is 9.97. The van der Waals surface area contributed by atoms with E-state index < -0.39 is 11.6 Å². The second-order valence-electron chi connectivity index (χ2n) is 4.24. The van der Waals surface area contributed by atoms with Gasteiger partial charge in [0.15, 0.2) is 0 Å². The Morgan fingerprint density at radius 3 is 2.53 bits per heavy atom. The van der Waals surface area contributed by atoms with E-state index >= 15 is 0 Å². The monoisotopic (exact) mass is 225 g/mol. The maximum atomic E-state index is 11.7. The van der Waals surface area contributed by atoms with Crippen LogP contribution in [0.3, 0.4) is 0 Å². The SMILES string of the molecule is CC(C)(C)OC(=O)c1cccc(S)c1N. The first-order valence-corrected chi connectivity index (χ1v) is 5.07. The van der Waals surface area contributed by atoms with Gasteiger partial charge in [0.2, 0.25) is 0 Å². The topological polar surface area (TPSA) is 52.3 Å². The third-order valence-electron chi connectivity index (χ3n) is 1.70. The predicted octanol–water partition coefficient (Wildman–Crippen LogP) is 2.51. The number of ether oxygens (including phenoxy) is 1. The fourth-order valence-corrected chi connectivity index (χ4v) is 1.27. The first kappa shape index (κ1) is 11.9. The lowest BCUT2D eigenvalue weighted by atomic mass is 10.1. The molecule has 2 N–H and O–H groups in total. The van der Waals surface area contributed by atoms with Crippen LogP contribution < -0.4 is 5.73 Å². The van der Waals surface area contributed by atoms with Gasteiger partial charge in [-0.3, -0.25) is 0 Å². The van der Waals surface area contributed by atoms with E-state index in [1.807, 2.05) is 20.8 Å². The minimum Gasteiger partial charge on any atom is -0.456 e. The van der Waals surface area contributed by atoms with E-state index in [9.17, 15) is 4.79 Å². The Morgan fingerprint density at radius 1 is 1.40 bits per heavy atom. The highest BCUT2D eigenvalue weighted by Crippen LogP contribution is 2.23. The van der Waals surface area contributed by atoms with E-state index in [1.165, 1.54) is 0 Å². The summed E-state index contributed by atoms with van der Waals surface area (Å²) in [6.07, 6.45) is 0. The zero-order chi connectivity index (χ0) is 11.6. The second kappa shape index (κ2) is 4.14. The summed E-state index contributed by atoms with van der Waals surface area (Å²) in [4.78, 5) is 12.3. The van der Waals surface area contributed by atoms with Crippen LogP contribution >= 0.6 is 12.6 Å². The third kappa shape index (κ3) is 3.16. The van der Waals surface area contributed by atoms with E-state index in [0.29, 0.717) is 16.1 Å². The fraction of sp³-hybridized carbons (Fsp3) is 0.364. The molecule has 82 valence electrons. The molecule has 1 aromatic rings. The van der Waals surface area contributed by atoms with Crippen LogP contribution in [0.1, 0.15) is 31.1 Å². The minimum absolute atomic E-state index is 0.357. The van der Waals surface area contributed by atoms with Gasteiger partial charge in [0.25, 0.3) is 0 Å². The number of carbonyl (C=O) groups excluding carboxylic acids is 1. The summed E-state index contributed by atoms with van der Waals surface area (Å²) in [5, 5.41) is 0. The minimum atomic E-state index is -0.518. The van der Waals surface area contributed by atoms with E-state index in [0.717, 1.165) is 0 Å². The van der Waals surface area contributed by atoms with Crippen LogP contribution in [0.4, 0.5) is 5.69 Å². The molecule has 0 bridgehead atoms. The van der Waals surface area contributed by atoms with Crippen LogP contribution in [0.25, 0.3) is 0 Å². The number of para-hydroxylation sites is 1. The first-order valence-electron chi connectivity index (χ1n) is 4.62. The number of hydrogen-bond acceptors (Lipinski definition) is 4. The average Bonchev–Trinajstić information content (AvgIpc) is 2.06. The zero-order valence-electron chi connectivity index (χ0n) is 9.07. The van der Waals surface area contributed by atoms with E-state index in [4.69, 9.17) is 10.5 Å². The summed E-state index contributed by atoms with van der Waals surface area (Å²) < 4.78 is 5.21. The summed E-state index contributed by atoms with van der Waals surface area (Å²) in [6, 6.07) is 5.08.